The second-order valence-electron chi connectivity index (χ2n) is 3.60. The van der Waals surface area contributed by atoms with Crippen LogP contribution >= 0.6 is 11.6 Å². The lowest BCUT2D eigenvalue weighted by Crippen LogP contribution is -2.02. The minimum atomic E-state index is -0.509. The predicted molar refractivity (Wildman–Crippen MR) is 56.3 cm³/mol. The van der Waals surface area contributed by atoms with Gasteiger partial charge in [0.25, 0.3) is 0 Å². The van der Waals surface area contributed by atoms with Crippen molar-refractivity contribution in [3.8, 4) is 5.75 Å². The van der Waals surface area contributed by atoms with Gasteiger partial charge in [-0.15, -0.1) is 0 Å². The molecule has 0 heterocycles. The highest BCUT2D eigenvalue weighted by Gasteiger charge is 2.25. The largest absolute Gasteiger partial charge is 0.486 e. The molecule has 0 N–H and O–H groups in total. The molecular formula is C10H10ClNO3. The number of ether oxygens (including phenoxy) is 1. The van der Waals surface area contributed by atoms with E-state index in [1.54, 1.807) is 12.1 Å². The molecule has 80 valence electrons. The van der Waals surface area contributed by atoms with Crippen LogP contribution in [-0.4, -0.2) is 11.5 Å². The van der Waals surface area contributed by atoms with Gasteiger partial charge in [-0.05, 0) is 30.9 Å². The molecule has 15 heavy (non-hydrogen) atoms. The van der Waals surface area contributed by atoms with Gasteiger partial charge in [0, 0.05) is 0 Å². The van der Waals surface area contributed by atoms with Gasteiger partial charge >= 0.3 is 5.69 Å². The summed E-state index contributed by atoms with van der Waals surface area (Å²) in [6.45, 7) is 0.543. The number of halogens is 1. The van der Waals surface area contributed by atoms with Crippen molar-refractivity contribution in [2.75, 3.05) is 6.61 Å². The average molecular weight is 228 g/mol. The van der Waals surface area contributed by atoms with Gasteiger partial charge in [-0.1, -0.05) is 17.7 Å². The first-order valence-corrected chi connectivity index (χ1v) is 5.12. The standard InChI is InChI=1S/C10H10ClNO3/c11-8-2-1-3-9(10(8)12(13)14)15-6-7-4-5-7/h1-3,7H,4-6H2. The molecule has 1 saturated carbocycles. The number of nitro groups is 1. The van der Waals surface area contributed by atoms with Crippen LogP contribution in [0.5, 0.6) is 5.75 Å². The van der Waals surface area contributed by atoms with Crippen LogP contribution in [0, 0.1) is 16.0 Å². The molecular weight excluding hydrogens is 218 g/mol. The Morgan fingerprint density at radius 1 is 1.53 bits per heavy atom. The Kier molecular flexibility index (Phi) is 2.77. The van der Waals surface area contributed by atoms with Crippen molar-refractivity contribution >= 4 is 17.3 Å². The maximum absolute atomic E-state index is 10.7. The fraction of sp³-hybridized carbons (Fsp3) is 0.400. The molecule has 4 nitrogen and oxygen atoms in total. The lowest BCUT2D eigenvalue weighted by Gasteiger charge is -2.06. The molecule has 0 saturated heterocycles. The van der Waals surface area contributed by atoms with E-state index in [1.165, 1.54) is 6.07 Å². The van der Waals surface area contributed by atoms with Crippen LogP contribution in [0.4, 0.5) is 5.69 Å². The van der Waals surface area contributed by atoms with Crippen LogP contribution in [0.2, 0.25) is 5.02 Å². The Morgan fingerprint density at radius 3 is 2.87 bits per heavy atom. The average Bonchev–Trinajstić information content (AvgIpc) is 2.97. The summed E-state index contributed by atoms with van der Waals surface area (Å²) in [5, 5.41) is 10.9. The minimum Gasteiger partial charge on any atom is -0.486 e. The van der Waals surface area contributed by atoms with Crippen molar-refractivity contribution < 1.29 is 9.66 Å². The second-order valence-corrected chi connectivity index (χ2v) is 4.01. The molecule has 0 aromatic heterocycles. The molecule has 0 bridgehead atoms. The normalized spacial score (nSPS) is 15.0. The van der Waals surface area contributed by atoms with Crippen LogP contribution in [-0.2, 0) is 0 Å². The first-order chi connectivity index (χ1) is 7.18. The third-order valence-corrected chi connectivity index (χ3v) is 2.61. The third kappa shape index (κ3) is 2.39. The van der Waals surface area contributed by atoms with Gasteiger partial charge in [0.1, 0.15) is 5.02 Å². The quantitative estimate of drug-likeness (QED) is 0.587. The molecule has 0 unspecified atom stereocenters. The smallest absolute Gasteiger partial charge is 0.329 e. The van der Waals surface area contributed by atoms with Gasteiger partial charge in [0.2, 0.25) is 0 Å². The van der Waals surface area contributed by atoms with E-state index in [4.69, 9.17) is 16.3 Å². The summed E-state index contributed by atoms with van der Waals surface area (Å²) in [6.07, 6.45) is 2.29. The Balaban J connectivity index is 2.19. The van der Waals surface area contributed by atoms with E-state index < -0.39 is 4.92 Å². The number of benzene rings is 1. The van der Waals surface area contributed by atoms with Crippen molar-refractivity contribution in [3.63, 3.8) is 0 Å². The van der Waals surface area contributed by atoms with Crippen molar-refractivity contribution in [1.82, 2.24) is 0 Å². The molecule has 5 heteroatoms. The van der Waals surface area contributed by atoms with Gasteiger partial charge in [-0.3, -0.25) is 10.1 Å². The fourth-order valence-electron chi connectivity index (χ4n) is 1.28. The summed E-state index contributed by atoms with van der Waals surface area (Å²) in [5.74, 6) is 0.822. The first kappa shape index (κ1) is 10.2. The summed E-state index contributed by atoms with van der Waals surface area (Å²) in [4.78, 5) is 10.2. The first-order valence-electron chi connectivity index (χ1n) is 4.74. The Morgan fingerprint density at radius 2 is 2.27 bits per heavy atom. The van der Waals surface area contributed by atoms with E-state index in [2.05, 4.69) is 0 Å². The van der Waals surface area contributed by atoms with Crippen LogP contribution in [0.25, 0.3) is 0 Å². The highest BCUT2D eigenvalue weighted by Crippen LogP contribution is 2.36. The third-order valence-electron chi connectivity index (χ3n) is 2.30. The number of nitrogens with zero attached hydrogens (tertiary/aromatic N) is 1. The zero-order valence-corrected chi connectivity index (χ0v) is 8.74. The highest BCUT2D eigenvalue weighted by molar-refractivity contribution is 6.32. The van der Waals surface area contributed by atoms with E-state index in [0.717, 1.165) is 12.8 Å². The molecule has 1 aromatic carbocycles. The maximum atomic E-state index is 10.7. The van der Waals surface area contributed by atoms with Crippen molar-refractivity contribution in [2.24, 2.45) is 5.92 Å². The monoisotopic (exact) mass is 227 g/mol. The zero-order valence-electron chi connectivity index (χ0n) is 7.98. The number of hydrogen-bond acceptors (Lipinski definition) is 3. The molecule has 0 aliphatic heterocycles. The van der Waals surface area contributed by atoms with Crippen LogP contribution in [0.1, 0.15) is 12.8 Å². The molecule has 0 radical (unpaired) electrons. The minimum absolute atomic E-state index is 0.119. The molecule has 0 atom stereocenters. The SMILES string of the molecule is O=[N+]([O-])c1c(Cl)cccc1OCC1CC1. The van der Waals surface area contributed by atoms with Crippen LogP contribution < -0.4 is 4.74 Å². The number of nitro benzene ring substituents is 1. The predicted octanol–water partition coefficient (Wildman–Crippen LogP) is 3.04. The Hall–Kier alpha value is -1.29. The number of hydrogen-bond donors (Lipinski definition) is 0. The maximum Gasteiger partial charge on any atom is 0.329 e. The fourth-order valence-corrected chi connectivity index (χ4v) is 1.52. The van der Waals surface area contributed by atoms with Gasteiger partial charge in [-0.2, -0.15) is 0 Å². The molecule has 1 aromatic rings. The summed E-state index contributed by atoms with van der Waals surface area (Å²) in [5.41, 5.74) is -0.139. The summed E-state index contributed by atoms with van der Waals surface area (Å²) in [6, 6.07) is 4.72. The molecule has 2 rings (SSSR count). The molecule has 1 aliphatic carbocycles. The van der Waals surface area contributed by atoms with Gasteiger partial charge in [0.05, 0.1) is 11.5 Å². The van der Waals surface area contributed by atoms with Crippen LogP contribution in [0.15, 0.2) is 18.2 Å². The lowest BCUT2D eigenvalue weighted by molar-refractivity contribution is -0.385. The van der Waals surface area contributed by atoms with Crippen molar-refractivity contribution in [1.29, 1.82) is 0 Å². The van der Waals surface area contributed by atoms with Crippen LogP contribution in [0.3, 0.4) is 0 Å². The van der Waals surface area contributed by atoms with Gasteiger partial charge < -0.3 is 4.74 Å². The Bertz CT molecular complexity index is 390. The molecule has 0 spiro atoms. The van der Waals surface area contributed by atoms with E-state index in [0.29, 0.717) is 12.5 Å². The number of para-hydroxylation sites is 1. The summed E-state index contributed by atoms with van der Waals surface area (Å²) < 4.78 is 5.38. The second kappa shape index (κ2) is 4.06. The van der Waals surface area contributed by atoms with E-state index >= 15 is 0 Å². The lowest BCUT2D eigenvalue weighted by atomic mass is 10.3. The number of rotatable bonds is 4. The van der Waals surface area contributed by atoms with Gasteiger partial charge in [0.15, 0.2) is 5.75 Å². The van der Waals surface area contributed by atoms with E-state index in [1.807, 2.05) is 0 Å². The molecule has 0 amide bonds. The molecule has 1 fully saturated rings. The Labute approximate surface area is 92.0 Å². The topological polar surface area (TPSA) is 52.4 Å². The van der Waals surface area contributed by atoms with Crippen molar-refractivity contribution in [3.05, 3.63) is 33.3 Å². The summed E-state index contributed by atoms with van der Waals surface area (Å²) in [7, 11) is 0. The summed E-state index contributed by atoms with van der Waals surface area (Å²) >= 11 is 5.73. The van der Waals surface area contributed by atoms with E-state index in [-0.39, 0.29) is 16.5 Å². The van der Waals surface area contributed by atoms with E-state index in [9.17, 15) is 10.1 Å². The zero-order chi connectivity index (χ0) is 10.8. The molecule has 1 aliphatic rings. The van der Waals surface area contributed by atoms with Crippen molar-refractivity contribution in [2.45, 2.75) is 12.8 Å². The van der Waals surface area contributed by atoms with Gasteiger partial charge in [-0.25, -0.2) is 0 Å². The highest BCUT2D eigenvalue weighted by atomic mass is 35.5.